The van der Waals surface area contributed by atoms with Crippen LogP contribution in [0.4, 0.5) is 0 Å². The molecule has 176 valence electrons. The summed E-state index contributed by atoms with van der Waals surface area (Å²) in [6.07, 6.45) is 24.0. The maximum absolute atomic E-state index is 12.1. The zero-order chi connectivity index (χ0) is 22.9. The fraction of sp³-hybridized carbons (Fsp3) is 0.690. The Morgan fingerprint density at radius 3 is 1.71 bits per heavy atom. The van der Waals surface area contributed by atoms with E-state index < -0.39 is 0 Å². The van der Waals surface area contributed by atoms with E-state index in [1.165, 1.54) is 67.2 Å². The lowest BCUT2D eigenvalue weighted by Crippen LogP contribution is -2.11. The molecular weight excluding hydrogens is 380 g/mol. The highest BCUT2D eigenvalue weighted by Gasteiger charge is 2.16. The van der Waals surface area contributed by atoms with Gasteiger partial charge < -0.3 is 4.74 Å². The topological polar surface area (TPSA) is 26.3 Å². The molecule has 2 nitrogen and oxygen atoms in total. The second kappa shape index (κ2) is 17.0. The van der Waals surface area contributed by atoms with Crippen LogP contribution < -0.4 is 0 Å². The molecule has 0 amide bonds. The van der Waals surface area contributed by atoms with Crippen molar-refractivity contribution in [2.24, 2.45) is 5.92 Å². The van der Waals surface area contributed by atoms with E-state index in [2.05, 4.69) is 58.9 Å². The number of carbonyl (C=O) groups is 1. The molecule has 0 bridgehead atoms. The Morgan fingerprint density at radius 1 is 0.710 bits per heavy atom. The van der Waals surface area contributed by atoms with Crippen LogP contribution in [-0.2, 0) is 9.53 Å². The van der Waals surface area contributed by atoms with E-state index in [4.69, 9.17) is 4.74 Å². The minimum Gasteiger partial charge on any atom is -0.461 e. The van der Waals surface area contributed by atoms with Crippen molar-refractivity contribution in [3.05, 3.63) is 46.6 Å². The molecule has 1 rings (SSSR count). The van der Waals surface area contributed by atoms with E-state index in [0.717, 1.165) is 32.1 Å². The monoisotopic (exact) mass is 428 g/mol. The summed E-state index contributed by atoms with van der Waals surface area (Å²) in [7, 11) is 0. The third-order valence-electron chi connectivity index (χ3n) is 6.26. The van der Waals surface area contributed by atoms with Gasteiger partial charge in [-0.1, -0.05) is 66.2 Å². The molecule has 0 N–H and O–H groups in total. The molecule has 1 aliphatic rings. The maximum atomic E-state index is 12.1. The lowest BCUT2D eigenvalue weighted by atomic mass is 9.97. The average molecular weight is 429 g/mol. The van der Waals surface area contributed by atoms with Crippen LogP contribution in [0.2, 0.25) is 0 Å². The van der Waals surface area contributed by atoms with Gasteiger partial charge in [-0.2, -0.15) is 0 Å². The van der Waals surface area contributed by atoms with Crippen LogP contribution in [0, 0.1) is 5.92 Å². The van der Waals surface area contributed by atoms with Gasteiger partial charge in [-0.25, -0.2) is 0 Å². The van der Waals surface area contributed by atoms with Gasteiger partial charge in [-0.05, 0) is 98.0 Å². The summed E-state index contributed by atoms with van der Waals surface area (Å²) in [6.45, 7) is 11.4. The van der Waals surface area contributed by atoms with Crippen LogP contribution in [0.3, 0.4) is 0 Å². The van der Waals surface area contributed by atoms with Gasteiger partial charge in [0.15, 0.2) is 0 Å². The van der Waals surface area contributed by atoms with Crippen molar-refractivity contribution >= 4 is 5.97 Å². The fourth-order valence-electron chi connectivity index (χ4n) is 4.13. The van der Waals surface area contributed by atoms with Gasteiger partial charge in [0.2, 0.25) is 0 Å². The number of hydrogen-bond acceptors (Lipinski definition) is 2. The zero-order valence-electron chi connectivity index (χ0n) is 21.1. The first-order valence-corrected chi connectivity index (χ1v) is 12.6. The molecule has 0 aliphatic heterocycles. The number of carbonyl (C=O) groups excluding carboxylic acids is 1. The number of ether oxygens (including phenoxy) is 1. The standard InChI is InChI=1S/C29H48O2/c1-24(2)13-10-14-25(3)15-11-16-26(4)17-12-18-27(5)21-22-31-29(30)23-28-19-8-6-7-9-20-28/h13,15,17,21,28H,6-12,14,16,18-20,22-23H2,1-5H3/b25-15+,26-17+,27-21+. The van der Waals surface area contributed by atoms with Crippen LogP contribution in [0.5, 0.6) is 0 Å². The van der Waals surface area contributed by atoms with Crippen LogP contribution in [0.15, 0.2) is 46.6 Å². The van der Waals surface area contributed by atoms with Gasteiger partial charge in [0.25, 0.3) is 0 Å². The highest BCUT2D eigenvalue weighted by molar-refractivity contribution is 5.69. The normalized spacial score (nSPS) is 16.7. The number of allylic oxidation sites excluding steroid dienone is 7. The average Bonchev–Trinajstić information content (AvgIpc) is 2.96. The highest BCUT2D eigenvalue weighted by atomic mass is 16.5. The third-order valence-corrected chi connectivity index (χ3v) is 6.26. The Kier molecular flexibility index (Phi) is 15.1. The van der Waals surface area contributed by atoms with Gasteiger partial charge in [0, 0.05) is 6.42 Å². The first kappa shape index (κ1) is 27.5. The summed E-state index contributed by atoms with van der Waals surface area (Å²) in [5, 5.41) is 0. The summed E-state index contributed by atoms with van der Waals surface area (Å²) < 4.78 is 5.46. The molecule has 1 fully saturated rings. The molecule has 2 heteroatoms. The Morgan fingerprint density at radius 2 is 1.19 bits per heavy atom. The van der Waals surface area contributed by atoms with Crippen molar-refractivity contribution in [1.82, 2.24) is 0 Å². The Hall–Kier alpha value is -1.57. The Balaban J connectivity index is 2.18. The minimum absolute atomic E-state index is 0.0177. The molecule has 1 aliphatic carbocycles. The largest absolute Gasteiger partial charge is 0.461 e. The van der Waals surface area contributed by atoms with Crippen molar-refractivity contribution < 1.29 is 9.53 Å². The van der Waals surface area contributed by atoms with E-state index in [1.54, 1.807) is 0 Å². The summed E-state index contributed by atoms with van der Waals surface area (Å²) in [6, 6.07) is 0. The molecule has 1 saturated carbocycles. The van der Waals surface area contributed by atoms with Crippen molar-refractivity contribution in [2.45, 2.75) is 118 Å². The SMILES string of the molecule is CC(C)=CCC/C(C)=C/CC/C(C)=C/CC/C(C)=C/COC(=O)CC1CCCCCC1. The van der Waals surface area contributed by atoms with Gasteiger partial charge in [0.1, 0.15) is 6.61 Å². The predicted molar refractivity (Wildman–Crippen MR) is 135 cm³/mol. The zero-order valence-corrected chi connectivity index (χ0v) is 21.1. The first-order valence-electron chi connectivity index (χ1n) is 12.6. The molecule has 0 atom stereocenters. The molecule has 0 saturated heterocycles. The number of hydrogen-bond donors (Lipinski definition) is 0. The van der Waals surface area contributed by atoms with Crippen LogP contribution in [0.25, 0.3) is 0 Å². The molecular formula is C29H48O2. The summed E-state index contributed by atoms with van der Waals surface area (Å²) in [5.74, 6) is 0.528. The maximum Gasteiger partial charge on any atom is 0.306 e. The first-order chi connectivity index (χ1) is 14.9. The Bertz CT molecular complexity index is 621. The third kappa shape index (κ3) is 15.8. The summed E-state index contributed by atoms with van der Waals surface area (Å²) in [5.41, 5.74) is 5.68. The van der Waals surface area contributed by atoms with Gasteiger partial charge in [-0.15, -0.1) is 0 Å². The van der Waals surface area contributed by atoms with Crippen LogP contribution in [-0.4, -0.2) is 12.6 Å². The molecule has 31 heavy (non-hydrogen) atoms. The predicted octanol–water partition coefficient (Wildman–Crippen LogP) is 9.04. The lowest BCUT2D eigenvalue weighted by molar-refractivity contribution is -0.143. The Labute approximate surface area is 192 Å². The van der Waals surface area contributed by atoms with Gasteiger partial charge in [0.05, 0.1) is 0 Å². The quantitative estimate of drug-likeness (QED) is 0.166. The molecule has 0 aromatic heterocycles. The van der Waals surface area contributed by atoms with Crippen LogP contribution >= 0.6 is 0 Å². The van der Waals surface area contributed by atoms with Crippen molar-refractivity contribution in [3.8, 4) is 0 Å². The number of rotatable bonds is 13. The second-order valence-corrected chi connectivity index (χ2v) is 9.79. The smallest absolute Gasteiger partial charge is 0.306 e. The van der Waals surface area contributed by atoms with Crippen molar-refractivity contribution in [1.29, 1.82) is 0 Å². The summed E-state index contributed by atoms with van der Waals surface area (Å²) in [4.78, 5) is 12.1. The molecule has 0 unspecified atom stereocenters. The van der Waals surface area contributed by atoms with E-state index in [0.29, 0.717) is 18.9 Å². The van der Waals surface area contributed by atoms with Gasteiger partial charge in [-0.3, -0.25) is 4.79 Å². The van der Waals surface area contributed by atoms with Crippen molar-refractivity contribution in [2.75, 3.05) is 6.61 Å². The molecule has 0 heterocycles. The van der Waals surface area contributed by atoms with Crippen LogP contribution in [0.1, 0.15) is 118 Å². The van der Waals surface area contributed by atoms with E-state index in [-0.39, 0.29) is 5.97 Å². The molecule has 0 aromatic carbocycles. The fourth-order valence-corrected chi connectivity index (χ4v) is 4.13. The molecule has 0 aromatic rings. The lowest BCUT2D eigenvalue weighted by Gasteiger charge is -2.12. The second-order valence-electron chi connectivity index (χ2n) is 9.79. The summed E-state index contributed by atoms with van der Waals surface area (Å²) >= 11 is 0. The van der Waals surface area contributed by atoms with Crippen molar-refractivity contribution in [3.63, 3.8) is 0 Å². The van der Waals surface area contributed by atoms with E-state index in [1.807, 2.05) is 0 Å². The van der Waals surface area contributed by atoms with E-state index >= 15 is 0 Å². The highest BCUT2D eigenvalue weighted by Crippen LogP contribution is 2.25. The number of esters is 1. The van der Waals surface area contributed by atoms with E-state index in [9.17, 15) is 4.79 Å². The minimum atomic E-state index is -0.0177. The van der Waals surface area contributed by atoms with Gasteiger partial charge >= 0.3 is 5.97 Å². The molecule has 0 spiro atoms. The molecule has 0 radical (unpaired) electrons.